The highest BCUT2D eigenvalue weighted by Gasteiger charge is 2.57. The summed E-state index contributed by atoms with van der Waals surface area (Å²) in [6.07, 6.45) is 0. The molecule has 3 aromatic carbocycles. The number of aryl methyl sites for hydroxylation is 1. The quantitative estimate of drug-likeness (QED) is 0.247. The Balaban J connectivity index is 1.43. The van der Waals surface area contributed by atoms with Gasteiger partial charge in [0.25, 0.3) is 0 Å². The van der Waals surface area contributed by atoms with Crippen LogP contribution >= 0.6 is 39.0 Å². The van der Waals surface area contributed by atoms with E-state index in [9.17, 15) is 24.3 Å². The van der Waals surface area contributed by atoms with Gasteiger partial charge in [-0.3, -0.25) is 23.7 Å². The topological polar surface area (TPSA) is 118 Å². The lowest BCUT2D eigenvalue weighted by molar-refractivity contribution is -0.122. The van der Waals surface area contributed by atoms with Crippen LogP contribution in [0.15, 0.2) is 81.0 Å². The number of ether oxygens (including phenoxy) is 1. The molecule has 3 amide bonds. The monoisotopic (exact) mass is 679 g/mol. The first kappa shape index (κ1) is 29.2. The molecule has 2 aliphatic rings. The molecule has 220 valence electrons. The van der Waals surface area contributed by atoms with Gasteiger partial charge < -0.3 is 15.2 Å². The number of nitrogens with zero attached hydrogens (tertiary/aromatic N) is 2. The zero-order valence-corrected chi connectivity index (χ0v) is 26.3. The normalized spacial score (nSPS) is 19.2. The van der Waals surface area contributed by atoms with Gasteiger partial charge in [-0.05, 0) is 67.9 Å². The molecule has 0 bridgehead atoms. The van der Waals surface area contributed by atoms with Gasteiger partial charge in [0.15, 0.2) is 11.5 Å². The minimum absolute atomic E-state index is 0.0589. The van der Waals surface area contributed by atoms with Gasteiger partial charge in [0.05, 0.1) is 23.2 Å². The van der Waals surface area contributed by atoms with Crippen molar-refractivity contribution in [3.05, 3.63) is 96.9 Å². The molecule has 0 spiro atoms. The average molecular weight is 681 g/mol. The van der Waals surface area contributed by atoms with Gasteiger partial charge >= 0.3 is 4.87 Å². The molecular formula is C31H26BrN3O6S2. The highest BCUT2D eigenvalue weighted by Crippen LogP contribution is 2.54. The van der Waals surface area contributed by atoms with Gasteiger partial charge in [-0.1, -0.05) is 62.8 Å². The molecule has 43 heavy (non-hydrogen) atoms. The molecule has 2 aliphatic heterocycles. The number of imide groups is 1. The number of fused-ring (bicyclic) bond motifs is 2. The maximum absolute atomic E-state index is 14.1. The second-order valence-electron chi connectivity index (χ2n) is 10.2. The van der Waals surface area contributed by atoms with Crippen molar-refractivity contribution in [2.45, 2.75) is 36.6 Å². The number of benzene rings is 3. The number of amides is 3. The second-order valence-corrected chi connectivity index (χ2v) is 13.3. The van der Waals surface area contributed by atoms with Crippen LogP contribution in [-0.2, 0) is 20.9 Å². The Bertz CT molecular complexity index is 1800. The van der Waals surface area contributed by atoms with Gasteiger partial charge in [0.1, 0.15) is 11.8 Å². The van der Waals surface area contributed by atoms with Crippen molar-refractivity contribution in [1.29, 1.82) is 0 Å². The maximum atomic E-state index is 14.1. The molecule has 4 aromatic rings. The third-order valence-electron chi connectivity index (χ3n) is 7.41. The number of phenolic OH excluding ortho intramolecular Hbond substituents is 1. The maximum Gasteiger partial charge on any atom is 0.308 e. The minimum atomic E-state index is -0.835. The van der Waals surface area contributed by atoms with Gasteiger partial charge in [0.2, 0.25) is 17.7 Å². The molecule has 9 nitrogen and oxygen atoms in total. The summed E-state index contributed by atoms with van der Waals surface area (Å²) < 4.78 is 7.81. The summed E-state index contributed by atoms with van der Waals surface area (Å²) in [7, 11) is 0. The van der Waals surface area contributed by atoms with Gasteiger partial charge in [-0.15, -0.1) is 0 Å². The molecule has 0 aliphatic carbocycles. The number of rotatable bonds is 7. The lowest BCUT2D eigenvalue weighted by Gasteiger charge is -2.31. The molecule has 1 saturated heterocycles. The number of aromatic hydroxyl groups is 1. The van der Waals surface area contributed by atoms with Crippen LogP contribution in [0.4, 0.5) is 11.4 Å². The summed E-state index contributed by atoms with van der Waals surface area (Å²) in [5.41, 5.74) is 2.72. The minimum Gasteiger partial charge on any atom is -0.504 e. The molecule has 12 heteroatoms. The Labute approximate surface area is 263 Å². The fourth-order valence-corrected chi connectivity index (χ4v) is 8.47. The number of thiazole rings is 1. The van der Waals surface area contributed by atoms with Crippen LogP contribution in [-0.4, -0.2) is 39.3 Å². The van der Waals surface area contributed by atoms with E-state index >= 15 is 0 Å². The van der Waals surface area contributed by atoms with E-state index in [-0.39, 0.29) is 34.7 Å². The van der Waals surface area contributed by atoms with Gasteiger partial charge in [-0.2, -0.15) is 0 Å². The molecular weight excluding hydrogens is 654 g/mol. The first-order chi connectivity index (χ1) is 20.7. The smallest absolute Gasteiger partial charge is 0.308 e. The van der Waals surface area contributed by atoms with Crippen molar-refractivity contribution in [2.75, 3.05) is 16.8 Å². The van der Waals surface area contributed by atoms with Crippen LogP contribution in [0.2, 0.25) is 0 Å². The summed E-state index contributed by atoms with van der Waals surface area (Å²) in [5.74, 6) is -2.48. The van der Waals surface area contributed by atoms with Crippen molar-refractivity contribution in [1.82, 2.24) is 4.57 Å². The van der Waals surface area contributed by atoms with Crippen molar-refractivity contribution in [3.8, 4) is 11.5 Å². The Morgan fingerprint density at radius 3 is 2.44 bits per heavy atom. The first-order valence-electron chi connectivity index (χ1n) is 13.5. The molecule has 3 heterocycles. The fourth-order valence-electron chi connectivity index (χ4n) is 5.44. The molecule has 0 radical (unpaired) electrons. The van der Waals surface area contributed by atoms with E-state index in [1.165, 1.54) is 15.5 Å². The van der Waals surface area contributed by atoms with Crippen molar-refractivity contribution in [3.63, 3.8) is 0 Å². The highest BCUT2D eigenvalue weighted by molar-refractivity contribution is 9.10. The number of hydrogen-bond acceptors (Lipinski definition) is 8. The average Bonchev–Trinajstić information content (AvgIpc) is 3.42. The molecule has 3 atom stereocenters. The summed E-state index contributed by atoms with van der Waals surface area (Å²) in [5, 5.41) is 12.8. The third-order valence-corrected chi connectivity index (χ3v) is 10.5. The molecule has 0 unspecified atom stereocenters. The fraction of sp³-hybridized carbons (Fsp3) is 0.226. The summed E-state index contributed by atoms with van der Waals surface area (Å²) in [4.78, 5) is 55.8. The predicted octanol–water partition coefficient (Wildman–Crippen LogP) is 5.52. The van der Waals surface area contributed by atoms with Gasteiger partial charge in [-0.25, -0.2) is 4.90 Å². The van der Waals surface area contributed by atoms with E-state index in [4.69, 9.17) is 4.74 Å². The van der Waals surface area contributed by atoms with E-state index in [0.717, 1.165) is 33.1 Å². The van der Waals surface area contributed by atoms with E-state index in [1.807, 2.05) is 19.1 Å². The lowest BCUT2D eigenvalue weighted by Crippen LogP contribution is -2.33. The number of nitrogens with one attached hydrogen (secondary N) is 1. The molecule has 1 fully saturated rings. The molecule has 2 N–H and O–H groups in total. The zero-order chi connectivity index (χ0) is 30.4. The molecule has 1 aromatic heterocycles. The predicted molar refractivity (Wildman–Crippen MR) is 169 cm³/mol. The lowest BCUT2D eigenvalue weighted by atomic mass is 9.83. The van der Waals surface area contributed by atoms with Crippen molar-refractivity contribution >= 4 is 68.1 Å². The number of carbonyl (C=O) groups excluding carboxylic acids is 3. The standard InChI is InChI=1S/C31H26BrN3O6S2/c1-3-41-22-14-17(6-13-21(22)36)24-25-26(29(39)35(28(25)38)20-11-7-18(32)8-12-20)42-30-27(24)43-31(40)34(30)15-23(37)33-19-9-4-16(2)5-10-19/h4-14,24-26,36H,3,15H2,1-2H3,(H,33,37)/t24-,25+,26-/m0/s1. The Hall–Kier alpha value is -3.87. The van der Waals surface area contributed by atoms with E-state index in [2.05, 4.69) is 21.2 Å². The van der Waals surface area contributed by atoms with Crippen molar-refractivity contribution < 1.29 is 24.2 Å². The van der Waals surface area contributed by atoms with Crippen LogP contribution in [0.5, 0.6) is 11.5 Å². The summed E-state index contributed by atoms with van der Waals surface area (Å²) in [6, 6.07) is 19.1. The number of aromatic nitrogens is 1. The number of hydrogen-bond donors (Lipinski definition) is 2. The molecule has 6 rings (SSSR count). The van der Waals surface area contributed by atoms with E-state index < -0.39 is 23.0 Å². The van der Waals surface area contributed by atoms with Crippen LogP contribution in [0.25, 0.3) is 0 Å². The largest absolute Gasteiger partial charge is 0.504 e. The number of phenols is 1. The van der Waals surface area contributed by atoms with E-state index in [1.54, 1.807) is 55.5 Å². The molecule has 0 saturated carbocycles. The zero-order valence-electron chi connectivity index (χ0n) is 23.1. The first-order valence-corrected chi connectivity index (χ1v) is 16.0. The van der Waals surface area contributed by atoms with Crippen molar-refractivity contribution in [2.24, 2.45) is 5.92 Å². The number of anilines is 2. The summed E-state index contributed by atoms with van der Waals surface area (Å²) >= 11 is 5.50. The summed E-state index contributed by atoms with van der Waals surface area (Å²) in [6.45, 7) is 3.79. The Morgan fingerprint density at radius 1 is 1.02 bits per heavy atom. The SMILES string of the molecule is CCOc1cc([C@@H]2c3sc(=O)n(CC(=O)Nc4ccc(C)cc4)c3S[C@@H]3C(=O)N(c4ccc(Br)cc4)C(=O)[C@H]23)ccc1O. The highest BCUT2D eigenvalue weighted by atomic mass is 79.9. The third kappa shape index (κ3) is 5.39. The Kier molecular flexibility index (Phi) is 7.92. The Morgan fingerprint density at radius 2 is 1.74 bits per heavy atom. The second kappa shape index (κ2) is 11.7. The van der Waals surface area contributed by atoms with Crippen LogP contribution in [0.1, 0.15) is 28.8 Å². The van der Waals surface area contributed by atoms with Crippen LogP contribution in [0, 0.1) is 12.8 Å². The number of thioether (sulfide) groups is 1. The van der Waals surface area contributed by atoms with Crippen LogP contribution < -0.4 is 19.8 Å². The number of carbonyl (C=O) groups is 3. The van der Waals surface area contributed by atoms with Gasteiger partial charge in [0, 0.05) is 21.0 Å². The van der Waals surface area contributed by atoms with Crippen LogP contribution in [0.3, 0.4) is 0 Å². The van der Waals surface area contributed by atoms with E-state index in [0.29, 0.717) is 33.4 Å². The number of halogens is 1.